The molecule has 24 heavy (non-hydrogen) atoms. The average Bonchev–Trinajstić information content (AvgIpc) is 2.59. The molecular weight excluding hydrogens is 298 g/mol. The Morgan fingerprint density at radius 3 is 2.54 bits per heavy atom. The lowest BCUT2D eigenvalue weighted by Gasteiger charge is -2.33. The average molecular weight is 321 g/mol. The van der Waals surface area contributed by atoms with E-state index in [9.17, 15) is 4.79 Å². The van der Waals surface area contributed by atoms with Gasteiger partial charge < -0.3 is 5.73 Å². The zero-order valence-corrected chi connectivity index (χ0v) is 14.2. The number of guanidine groups is 1. The third-order valence-electron chi connectivity index (χ3n) is 4.62. The molecule has 1 heterocycles. The monoisotopic (exact) mass is 321 g/mol. The summed E-state index contributed by atoms with van der Waals surface area (Å²) >= 11 is 0. The summed E-state index contributed by atoms with van der Waals surface area (Å²) in [6.07, 6.45) is 2.07. The fourth-order valence-electron chi connectivity index (χ4n) is 3.06. The van der Waals surface area contributed by atoms with Crippen molar-refractivity contribution in [2.45, 2.75) is 31.7 Å². The van der Waals surface area contributed by atoms with Crippen molar-refractivity contribution in [3.63, 3.8) is 0 Å². The van der Waals surface area contributed by atoms with Crippen molar-refractivity contribution in [2.24, 2.45) is 10.7 Å². The second kappa shape index (κ2) is 6.48. The van der Waals surface area contributed by atoms with Crippen LogP contribution in [-0.4, -0.2) is 29.4 Å². The molecule has 2 aromatic carbocycles. The second-order valence-corrected chi connectivity index (χ2v) is 6.66. The van der Waals surface area contributed by atoms with Gasteiger partial charge in [-0.25, -0.2) is 4.99 Å². The molecule has 0 bridgehead atoms. The van der Waals surface area contributed by atoms with Gasteiger partial charge in [0, 0.05) is 7.05 Å². The highest BCUT2D eigenvalue weighted by Crippen LogP contribution is 2.28. The Kier molecular flexibility index (Phi) is 4.38. The molecule has 2 N–H and O–H groups in total. The lowest BCUT2D eigenvalue weighted by Crippen LogP contribution is -2.48. The number of amides is 1. The molecule has 0 fully saturated rings. The van der Waals surface area contributed by atoms with Crippen molar-refractivity contribution < 1.29 is 4.79 Å². The van der Waals surface area contributed by atoms with Crippen molar-refractivity contribution in [3.05, 3.63) is 60.2 Å². The van der Waals surface area contributed by atoms with Crippen LogP contribution in [0.15, 0.2) is 59.6 Å². The van der Waals surface area contributed by atoms with Crippen LogP contribution in [0, 0.1) is 0 Å². The first-order valence-electron chi connectivity index (χ1n) is 8.23. The van der Waals surface area contributed by atoms with Crippen LogP contribution in [0.25, 0.3) is 11.1 Å². The predicted molar refractivity (Wildman–Crippen MR) is 97.6 cm³/mol. The molecule has 1 aliphatic rings. The molecule has 0 aromatic heterocycles. The standard InChI is InChI=1S/C20H23N3O/c1-20(14-18(24)23(2)19(21)22-20)12-11-15-7-6-10-17(13-15)16-8-4-3-5-9-16/h3-10,13H,11-12,14H2,1-2H3,(H2,21,22)/t20-/m1/s1. The van der Waals surface area contributed by atoms with Crippen LogP contribution < -0.4 is 5.73 Å². The smallest absolute Gasteiger partial charge is 0.231 e. The second-order valence-electron chi connectivity index (χ2n) is 6.66. The SMILES string of the molecule is CN1C(=O)C[C@@](C)(CCc2cccc(-c3ccccc3)c2)N=C1N. The van der Waals surface area contributed by atoms with Gasteiger partial charge in [-0.2, -0.15) is 0 Å². The van der Waals surface area contributed by atoms with E-state index in [2.05, 4.69) is 41.4 Å². The van der Waals surface area contributed by atoms with Crippen LogP contribution in [-0.2, 0) is 11.2 Å². The highest BCUT2D eigenvalue weighted by Gasteiger charge is 2.34. The highest BCUT2D eigenvalue weighted by molar-refractivity contribution is 5.98. The van der Waals surface area contributed by atoms with Crippen LogP contribution in [0.1, 0.15) is 25.3 Å². The fraction of sp³-hybridized carbons (Fsp3) is 0.300. The molecule has 0 spiro atoms. The van der Waals surface area contributed by atoms with Gasteiger partial charge in [0.15, 0.2) is 5.96 Å². The number of nitrogens with zero attached hydrogens (tertiary/aromatic N) is 2. The molecule has 0 saturated heterocycles. The van der Waals surface area contributed by atoms with E-state index in [1.807, 2.05) is 25.1 Å². The number of carbonyl (C=O) groups excluding carboxylic acids is 1. The largest absolute Gasteiger partial charge is 0.369 e. The van der Waals surface area contributed by atoms with E-state index >= 15 is 0 Å². The molecule has 0 radical (unpaired) electrons. The molecule has 4 heteroatoms. The van der Waals surface area contributed by atoms with Crippen molar-refractivity contribution in [1.82, 2.24) is 4.90 Å². The Morgan fingerprint density at radius 1 is 1.12 bits per heavy atom. The van der Waals surface area contributed by atoms with E-state index in [1.54, 1.807) is 7.05 Å². The number of hydrogen-bond donors (Lipinski definition) is 1. The summed E-state index contributed by atoms with van der Waals surface area (Å²) in [7, 11) is 1.67. The molecule has 0 saturated carbocycles. The third kappa shape index (κ3) is 3.48. The number of benzene rings is 2. The Hall–Kier alpha value is -2.62. The molecule has 1 amide bonds. The zero-order chi connectivity index (χ0) is 17.2. The van der Waals surface area contributed by atoms with E-state index < -0.39 is 5.54 Å². The molecule has 3 rings (SSSR count). The van der Waals surface area contributed by atoms with Crippen molar-refractivity contribution in [1.29, 1.82) is 0 Å². The third-order valence-corrected chi connectivity index (χ3v) is 4.62. The summed E-state index contributed by atoms with van der Waals surface area (Å²) in [6, 6.07) is 18.9. The van der Waals surface area contributed by atoms with Crippen molar-refractivity contribution in [3.8, 4) is 11.1 Å². The maximum Gasteiger partial charge on any atom is 0.231 e. The molecule has 4 nitrogen and oxygen atoms in total. The van der Waals surface area contributed by atoms with E-state index in [0.717, 1.165) is 12.8 Å². The zero-order valence-electron chi connectivity index (χ0n) is 14.2. The van der Waals surface area contributed by atoms with E-state index in [0.29, 0.717) is 12.4 Å². The first kappa shape index (κ1) is 16.2. The summed E-state index contributed by atoms with van der Waals surface area (Å²) in [5.74, 6) is 0.342. The molecule has 1 atom stereocenters. The van der Waals surface area contributed by atoms with Gasteiger partial charge in [0.25, 0.3) is 0 Å². The van der Waals surface area contributed by atoms with Gasteiger partial charge in [0.05, 0.1) is 12.0 Å². The maximum absolute atomic E-state index is 12.0. The number of aryl methyl sites for hydroxylation is 1. The van der Waals surface area contributed by atoms with E-state index in [-0.39, 0.29) is 5.91 Å². The Morgan fingerprint density at radius 2 is 1.83 bits per heavy atom. The topological polar surface area (TPSA) is 58.7 Å². The number of carbonyl (C=O) groups is 1. The number of aliphatic imine (C=N–C) groups is 1. The summed E-state index contributed by atoms with van der Waals surface area (Å²) in [4.78, 5) is 18.0. The van der Waals surface area contributed by atoms with Crippen molar-refractivity contribution >= 4 is 11.9 Å². The van der Waals surface area contributed by atoms with Gasteiger partial charge in [-0.1, -0.05) is 54.6 Å². The normalized spacial score (nSPS) is 20.8. The minimum absolute atomic E-state index is 0.0306. The molecule has 2 aromatic rings. The lowest BCUT2D eigenvalue weighted by atomic mass is 9.88. The maximum atomic E-state index is 12.0. The minimum Gasteiger partial charge on any atom is -0.369 e. The van der Waals surface area contributed by atoms with Crippen LogP contribution >= 0.6 is 0 Å². The summed E-state index contributed by atoms with van der Waals surface area (Å²) in [5, 5.41) is 0. The Bertz CT molecular complexity index is 769. The van der Waals surface area contributed by atoms with Crippen LogP contribution in [0.2, 0.25) is 0 Å². The van der Waals surface area contributed by atoms with E-state index in [1.165, 1.54) is 21.6 Å². The molecule has 0 aliphatic carbocycles. The van der Waals surface area contributed by atoms with Gasteiger partial charge in [0.1, 0.15) is 0 Å². The quantitative estimate of drug-likeness (QED) is 0.940. The number of hydrogen-bond acceptors (Lipinski definition) is 3. The minimum atomic E-state index is -0.420. The van der Waals surface area contributed by atoms with E-state index in [4.69, 9.17) is 5.73 Å². The fourth-order valence-corrected chi connectivity index (χ4v) is 3.06. The van der Waals surface area contributed by atoms with Crippen molar-refractivity contribution in [2.75, 3.05) is 7.05 Å². The Balaban J connectivity index is 1.75. The van der Waals surface area contributed by atoms with Gasteiger partial charge in [-0.15, -0.1) is 0 Å². The summed E-state index contributed by atoms with van der Waals surface area (Å²) < 4.78 is 0. The van der Waals surface area contributed by atoms with Gasteiger partial charge in [-0.3, -0.25) is 9.69 Å². The first-order chi connectivity index (χ1) is 11.5. The van der Waals surface area contributed by atoms with Gasteiger partial charge in [0.2, 0.25) is 5.91 Å². The number of nitrogens with two attached hydrogens (primary N) is 1. The molecular formula is C20H23N3O. The summed E-state index contributed by atoms with van der Waals surface area (Å²) in [6.45, 7) is 2.01. The van der Waals surface area contributed by atoms with Crippen LogP contribution in [0.3, 0.4) is 0 Å². The lowest BCUT2D eigenvalue weighted by molar-refractivity contribution is -0.128. The highest BCUT2D eigenvalue weighted by atomic mass is 16.2. The Labute approximate surface area is 143 Å². The van der Waals surface area contributed by atoms with Gasteiger partial charge >= 0.3 is 0 Å². The number of rotatable bonds is 4. The molecule has 0 unspecified atom stereocenters. The molecule has 124 valence electrons. The van der Waals surface area contributed by atoms with Crippen LogP contribution in [0.5, 0.6) is 0 Å². The first-order valence-corrected chi connectivity index (χ1v) is 8.23. The van der Waals surface area contributed by atoms with Crippen LogP contribution in [0.4, 0.5) is 0 Å². The van der Waals surface area contributed by atoms with Gasteiger partial charge in [-0.05, 0) is 36.5 Å². The summed E-state index contributed by atoms with van der Waals surface area (Å²) in [5.41, 5.74) is 9.12. The predicted octanol–water partition coefficient (Wildman–Crippen LogP) is 3.22. The molecule has 1 aliphatic heterocycles.